The highest BCUT2D eigenvalue weighted by molar-refractivity contribution is 7.22. The van der Waals surface area contributed by atoms with Crippen LogP contribution >= 0.6 is 11.3 Å². The van der Waals surface area contributed by atoms with Crippen LogP contribution in [0.5, 0.6) is 11.5 Å². The van der Waals surface area contributed by atoms with Crippen molar-refractivity contribution in [3.05, 3.63) is 93.8 Å². The van der Waals surface area contributed by atoms with Crippen molar-refractivity contribution in [3.63, 3.8) is 0 Å². The van der Waals surface area contributed by atoms with E-state index in [2.05, 4.69) is 0 Å². The number of aromatic nitrogens is 1. The highest BCUT2D eigenvalue weighted by Gasteiger charge is 2.45. The minimum absolute atomic E-state index is 0.0480. The van der Waals surface area contributed by atoms with Gasteiger partial charge in [-0.05, 0) is 54.4 Å². The average molecular weight is 499 g/mol. The lowest BCUT2D eigenvalue weighted by molar-refractivity contribution is 0.0971. The number of carbonyl (C=O) groups is 1. The number of fused-ring (bicyclic) bond motifs is 3. The van der Waals surface area contributed by atoms with Crippen LogP contribution in [0.4, 0.5) is 5.13 Å². The van der Waals surface area contributed by atoms with Gasteiger partial charge in [0.15, 0.2) is 10.6 Å². The molecule has 6 rings (SSSR count). The number of amides is 1. The predicted octanol–water partition coefficient (Wildman–Crippen LogP) is 5.95. The van der Waals surface area contributed by atoms with Gasteiger partial charge in [-0.2, -0.15) is 0 Å². The van der Waals surface area contributed by atoms with Gasteiger partial charge in [-0.1, -0.05) is 42.5 Å². The minimum Gasteiger partial charge on any atom is -0.497 e. The average Bonchev–Trinajstić information content (AvgIpc) is 3.46. The van der Waals surface area contributed by atoms with Gasteiger partial charge < -0.3 is 13.9 Å². The second kappa shape index (κ2) is 8.80. The SMILES string of the molecule is CCCOc1ccc([C@@H]2c3c(oc4ccccc4c3=O)C(=O)N2c2nc3ccc(OC)cc3s2)cc1. The molecule has 180 valence electrons. The number of ether oxygens (including phenoxy) is 2. The largest absolute Gasteiger partial charge is 0.497 e. The molecule has 3 aromatic carbocycles. The van der Waals surface area contributed by atoms with Gasteiger partial charge in [-0.3, -0.25) is 14.5 Å². The summed E-state index contributed by atoms with van der Waals surface area (Å²) in [6, 6.07) is 19.4. The van der Waals surface area contributed by atoms with E-state index in [4.69, 9.17) is 18.9 Å². The molecular weight excluding hydrogens is 476 g/mol. The lowest BCUT2D eigenvalue weighted by Crippen LogP contribution is -2.29. The minimum atomic E-state index is -0.684. The Balaban J connectivity index is 1.55. The Bertz CT molecular complexity index is 1670. The molecule has 1 atom stereocenters. The van der Waals surface area contributed by atoms with Gasteiger partial charge in [0.1, 0.15) is 17.1 Å². The molecule has 0 spiro atoms. The summed E-state index contributed by atoms with van der Waals surface area (Å²) in [6.07, 6.45) is 0.899. The van der Waals surface area contributed by atoms with Crippen LogP contribution in [-0.2, 0) is 0 Å². The van der Waals surface area contributed by atoms with E-state index in [0.717, 1.165) is 28.0 Å². The van der Waals surface area contributed by atoms with E-state index >= 15 is 0 Å². The van der Waals surface area contributed by atoms with Crippen molar-refractivity contribution in [3.8, 4) is 11.5 Å². The number of thiazole rings is 1. The molecule has 0 fully saturated rings. The van der Waals surface area contributed by atoms with Crippen LogP contribution < -0.4 is 19.8 Å². The number of hydrogen-bond acceptors (Lipinski definition) is 7. The number of anilines is 1. The normalized spacial score (nSPS) is 15.0. The van der Waals surface area contributed by atoms with Crippen molar-refractivity contribution < 1.29 is 18.7 Å². The summed E-state index contributed by atoms with van der Waals surface area (Å²) in [5, 5.41) is 0.919. The topological polar surface area (TPSA) is 81.9 Å². The summed E-state index contributed by atoms with van der Waals surface area (Å²) in [5.74, 6) is 1.09. The third kappa shape index (κ3) is 3.53. The fourth-order valence-electron chi connectivity index (χ4n) is 4.52. The Morgan fingerprint density at radius 3 is 2.58 bits per heavy atom. The Labute approximate surface area is 210 Å². The van der Waals surface area contributed by atoms with Crippen LogP contribution in [0.25, 0.3) is 21.2 Å². The Kier molecular flexibility index (Phi) is 5.45. The fraction of sp³-hybridized carbons (Fsp3) is 0.179. The smallest absolute Gasteiger partial charge is 0.297 e. The second-order valence-corrected chi connectivity index (χ2v) is 9.50. The van der Waals surface area contributed by atoms with Crippen LogP contribution in [0.1, 0.15) is 41.1 Å². The zero-order chi connectivity index (χ0) is 24.8. The summed E-state index contributed by atoms with van der Waals surface area (Å²) in [6.45, 7) is 2.66. The first kappa shape index (κ1) is 22.3. The number of benzene rings is 3. The van der Waals surface area contributed by atoms with E-state index in [0.29, 0.717) is 34.0 Å². The number of hydrogen-bond donors (Lipinski definition) is 0. The van der Waals surface area contributed by atoms with E-state index in [-0.39, 0.29) is 11.2 Å². The Morgan fingerprint density at radius 2 is 1.81 bits per heavy atom. The lowest BCUT2D eigenvalue weighted by Gasteiger charge is -2.22. The molecule has 3 heterocycles. The molecule has 1 amide bonds. The van der Waals surface area contributed by atoms with Crippen molar-refractivity contribution in [1.82, 2.24) is 4.98 Å². The van der Waals surface area contributed by atoms with Crippen molar-refractivity contribution in [2.75, 3.05) is 18.6 Å². The molecule has 36 heavy (non-hydrogen) atoms. The Morgan fingerprint density at radius 1 is 1.03 bits per heavy atom. The Hall–Kier alpha value is -4.17. The fourth-order valence-corrected chi connectivity index (χ4v) is 5.54. The maximum Gasteiger partial charge on any atom is 0.297 e. The molecule has 8 heteroatoms. The first-order chi connectivity index (χ1) is 17.6. The van der Waals surface area contributed by atoms with Gasteiger partial charge in [-0.25, -0.2) is 4.98 Å². The molecular formula is C28H22N2O5S. The zero-order valence-corrected chi connectivity index (χ0v) is 20.5. The molecule has 2 aromatic heterocycles. The van der Waals surface area contributed by atoms with E-state index in [1.807, 2.05) is 49.4 Å². The summed E-state index contributed by atoms with van der Waals surface area (Å²) in [7, 11) is 1.61. The molecule has 0 bridgehead atoms. The predicted molar refractivity (Wildman–Crippen MR) is 140 cm³/mol. The summed E-state index contributed by atoms with van der Waals surface area (Å²) in [4.78, 5) is 33.8. The van der Waals surface area contributed by atoms with Gasteiger partial charge >= 0.3 is 0 Å². The van der Waals surface area contributed by atoms with Gasteiger partial charge in [-0.15, -0.1) is 0 Å². The van der Waals surface area contributed by atoms with E-state index < -0.39 is 11.9 Å². The molecule has 7 nitrogen and oxygen atoms in total. The maximum absolute atomic E-state index is 13.8. The monoisotopic (exact) mass is 498 g/mol. The molecule has 0 aliphatic carbocycles. The number of nitrogens with zero attached hydrogens (tertiary/aromatic N) is 2. The molecule has 1 aliphatic rings. The number of carbonyl (C=O) groups excluding carboxylic acids is 1. The molecule has 0 radical (unpaired) electrons. The first-order valence-electron chi connectivity index (χ1n) is 11.7. The highest BCUT2D eigenvalue weighted by atomic mass is 32.1. The van der Waals surface area contributed by atoms with Crippen molar-refractivity contribution >= 4 is 43.6 Å². The van der Waals surface area contributed by atoms with Crippen molar-refractivity contribution in [2.24, 2.45) is 0 Å². The molecule has 0 saturated carbocycles. The lowest BCUT2D eigenvalue weighted by atomic mass is 9.98. The number of rotatable bonds is 6. The molecule has 1 aliphatic heterocycles. The van der Waals surface area contributed by atoms with Crippen LogP contribution in [0.3, 0.4) is 0 Å². The molecule has 5 aromatic rings. The van der Waals surface area contributed by atoms with E-state index in [1.165, 1.54) is 11.3 Å². The van der Waals surface area contributed by atoms with E-state index in [1.54, 1.807) is 36.3 Å². The highest BCUT2D eigenvalue weighted by Crippen LogP contribution is 2.44. The van der Waals surface area contributed by atoms with Crippen molar-refractivity contribution in [1.29, 1.82) is 0 Å². The van der Waals surface area contributed by atoms with Crippen LogP contribution in [0.15, 0.2) is 75.9 Å². The summed E-state index contributed by atoms with van der Waals surface area (Å²) < 4.78 is 18.0. The van der Waals surface area contributed by atoms with Gasteiger partial charge in [0.2, 0.25) is 5.76 Å². The van der Waals surface area contributed by atoms with Crippen molar-refractivity contribution in [2.45, 2.75) is 19.4 Å². The first-order valence-corrected chi connectivity index (χ1v) is 12.5. The quantitative estimate of drug-likeness (QED) is 0.288. The maximum atomic E-state index is 13.8. The summed E-state index contributed by atoms with van der Waals surface area (Å²) in [5.41, 5.74) is 1.99. The van der Waals surface area contributed by atoms with Gasteiger partial charge in [0, 0.05) is 0 Å². The third-order valence-corrected chi connectivity index (χ3v) is 7.25. The van der Waals surface area contributed by atoms with Crippen LogP contribution in [0, 0.1) is 0 Å². The third-order valence-electron chi connectivity index (χ3n) is 6.24. The van der Waals surface area contributed by atoms with Crippen LogP contribution in [0.2, 0.25) is 0 Å². The standard InChI is InChI=1S/C28H22N2O5S/c1-3-14-34-17-10-8-16(9-11-17)24-23-25(31)19-6-4-5-7-21(19)35-26(23)27(32)30(24)28-29-20-13-12-18(33-2)15-22(20)36-28/h4-13,15,24H,3,14H2,1-2H3/t24-/m1/s1. The number of methoxy groups -OCH3 is 1. The summed E-state index contributed by atoms with van der Waals surface area (Å²) >= 11 is 1.37. The molecule has 0 N–H and O–H groups in total. The van der Waals surface area contributed by atoms with Gasteiger partial charge in [0.05, 0.1) is 40.9 Å². The van der Waals surface area contributed by atoms with Crippen LogP contribution in [-0.4, -0.2) is 24.6 Å². The van der Waals surface area contributed by atoms with E-state index in [9.17, 15) is 9.59 Å². The zero-order valence-electron chi connectivity index (χ0n) is 19.7. The van der Waals surface area contributed by atoms with Gasteiger partial charge in [0.25, 0.3) is 5.91 Å². The second-order valence-electron chi connectivity index (χ2n) is 8.50. The number of para-hydroxylation sites is 1. The molecule has 0 saturated heterocycles. The molecule has 0 unspecified atom stereocenters.